The van der Waals surface area contributed by atoms with Crippen LogP contribution in [0.1, 0.15) is 18.4 Å². The number of pyridine rings is 1. The summed E-state index contributed by atoms with van der Waals surface area (Å²) in [6.45, 7) is -0.195. The van der Waals surface area contributed by atoms with Crippen LogP contribution in [0.15, 0.2) is 53.7 Å². The maximum absolute atomic E-state index is 15.3. The molecule has 1 amide bonds. The molecule has 0 bridgehead atoms. The Morgan fingerprint density at radius 3 is 2.57 bits per heavy atom. The minimum Gasteiger partial charge on any atom is -0.497 e. The smallest absolute Gasteiger partial charge is 0.259 e. The molecule has 1 aromatic carbocycles. The molecule has 2 aromatic rings. The standard InChI is InChI=1S/C19H22FN3O4S/c1-27-16-3-5-17(6-4-16)28(25,26)23-12-2-9-19(20,14-23)18(24)22-13-15-7-10-21-11-8-15/h3-8,10-11H,2,9,12-14H2,1H3,(H,22,24). The van der Waals surface area contributed by atoms with Crippen molar-refractivity contribution in [1.82, 2.24) is 14.6 Å². The van der Waals surface area contributed by atoms with Crippen LogP contribution in [0.25, 0.3) is 0 Å². The summed E-state index contributed by atoms with van der Waals surface area (Å²) >= 11 is 0. The Hall–Kier alpha value is -2.52. The monoisotopic (exact) mass is 407 g/mol. The molecule has 3 rings (SSSR count). The van der Waals surface area contributed by atoms with Gasteiger partial charge in [0.2, 0.25) is 15.7 Å². The van der Waals surface area contributed by atoms with Crippen molar-refractivity contribution in [2.75, 3.05) is 20.2 Å². The minimum atomic E-state index is -3.91. The Bertz CT molecular complexity index is 922. The third-order valence-corrected chi connectivity index (χ3v) is 6.57. The molecule has 1 unspecified atom stereocenters. The van der Waals surface area contributed by atoms with Gasteiger partial charge in [0.25, 0.3) is 5.91 Å². The molecule has 0 aliphatic carbocycles. The van der Waals surface area contributed by atoms with Gasteiger partial charge in [-0.15, -0.1) is 0 Å². The maximum atomic E-state index is 15.3. The summed E-state index contributed by atoms with van der Waals surface area (Å²) < 4.78 is 47.1. The zero-order valence-corrected chi connectivity index (χ0v) is 16.3. The Kier molecular flexibility index (Phi) is 5.95. The van der Waals surface area contributed by atoms with Gasteiger partial charge < -0.3 is 10.1 Å². The normalized spacial score (nSPS) is 20.5. The van der Waals surface area contributed by atoms with E-state index in [1.165, 1.54) is 31.4 Å². The van der Waals surface area contributed by atoms with Crippen molar-refractivity contribution in [2.24, 2.45) is 0 Å². The van der Waals surface area contributed by atoms with E-state index < -0.39 is 28.1 Å². The Labute approximate surface area is 163 Å². The number of alkyl halides is 1. The number of nitrogens with one attached hydrogen (secondary N) is 1. The number of hydrogen-bond acceptors (Lipinski definition) is 5. The zero-order valence-electron chi connectivity index (χ0n) is 15.5. The van der Waals surface area contributed by atoms with E-state index in [1.54, 1.807) is 24.5 Å². The van der Waals surface area contributed by atoms with E-state index in [-0.39, 0.29) is 30.8 Å². The van der Waals surface area contributed by atoms with Crippen molar-refractivity contribution < 1.29 is 22.3 Å². The number of amides is 1. The average molecular weight is 407 g/mol. The van der Waals surface area contributed by atoms with Gasteiger partial charge in [-0.2, -0.15) is 4.31 Å². The van der Waals surface area contributed by atoms with Crippen molar-refractivity contribution >= 4 is 15.9 Å². The number of halogens is 1. The fraction of sp³-hybridized carbons (Fsp3) is 0.368. The number of piperidine rings is 1. The van der Waals surface area contributed by atoms with Gasteiger partial charge in [-0.25, -0.2) is 12.8 Å². The third-order valence-electron chi connectivity index (χ3n) is 4.71. The van der Waals surface area contributed by atoms with Gasteiger partial charge in [0.05, 0.1) is 18.6 Å². The maximum Gasteiger partial charge on any atom is 0.259 e. The molecule has 0 radical (unpaired) electrons. The number of benzene rings is 1. The molecule has 9 heteroatoms. The van der Waals surface area contributed by atoms with E-state index in [2.05, 4.69) is 10.3 Å². The third kappa shape index (κ3) is 4.31. The second-order valence-corrected chi connectivity index (χ2v) is 8.56. The van der Waals surface area contributed by atoms with Crippen LogP contribution in [0.5, 0.6) is 5.75 Å². The Balaban J connectivity index is 1.71. The number of ether oxygens (including phenoxy) is 1. The number of carbonyl (C=O) groups excluding carboxylic acids is 1. The van der Waals surface area contributed by atoms with E-state index >= 15 is 4.39 Å². The van der Waals surface area contributed by atoms with Gasteiger partial charge in [-0.3, -0.25) is 9.78 Å². The molecule has 0 spiro atoms. The first kappa shape index (κ1) is 20.2. The summed E-state index contributed by atoms with van der Waals surface area (Å²) in [5, 5.41) is 2.56. The largest absolute Gasteiger partial charge is 0.497 e. The lowest BCUT2D eigenvalue weighted by atomic mass is 9.95. The van der Waals surface area contributed by atoms with Crippen LogP contribution in [0.2, 0.25) is 0 Å². The van der Waals surface area contributed by atoms with Gasteiger partial charge in [0, 0.05) is 25.5 Å². The van der Waals surface area contributed by atoms with E-state index in [0.717, 1.165) is 9.87 Å². The summed E-state index contributed by atoms with van der Waals surface area (Å²) in [7, 11) is -2.43. The van der Waals surface area contributed by atoms with Crippen molar-refractivity contribution in [3.05, 3.63) is 54.4 Å². The van der Waals surface area contributed by atoms with Crippen LogP contribution in [0.3, 0.4) is 0 Å². The lowest BCUT2D eigenvalue weighted by Crippen LogP contribution is -2.55. The molecular weight excluding hydrogens is 385 g/mol. The highest BCUT2D eigenvalue weighted by Crippen LogP contribution is 2.30. The fourth-order valence-corrected chi connectivity index (χ4v) is 4.62. The predicted octanol–water partition coefficient (Wildman–Crippen LogP) is 1.90. The van der Waals surface area contributed by atoms with Crippen LogP contribution in [0.4, 0.5) is 4.39 Å². The number of nitrogens with zero attached hydrogens (tertiary/aromatic N) is 2. The first-order valence-electron chi connectivity index (χ1n) is 8.85. The molecule has 7 nitrogen and oxygen atoms in total. The van der Waals surface area contributed by atoms with Crippen LogP contribution in [-0.2, 0) is 21.4 Å². The molecular formula is C19H22FN3O4S. The fourth-order valence-electron chi connectivity index (χ4n) is 3.10. The van der Waals surface area contributed by atoms with Gasteiger partial charge in [-0.1, -0.05) is 0 Å². The second kappa shape index (κ2) is 8.24. The van der Waals surface area contributed by atoms with E-state index in [4.69, 9.17) is 4.74 Å². The number of aromatic nitrogens is 1. The number of methoxy groups -OCH3 is 1. The summed E-state index contributed by atoms with van der Waals surface area (Å²) in [6, 6.07) is 9.30. The van der Waals surface area contributed by atoms with Gasteiger partial charge in [0.15, 0.2) is 0 Å². The Morgan fingerprint density at radius 1 is 1.25 bits per heavy atom. The van der Waals surface area contributed by atoms with Crippen LogP contribution in [0, 0.1) is 0 Å². The van der Waals surface area contributed by atoms with E-state index in [9.17, 15) is 13.2 Å². The predicted molar refractivity (Wildman–Crippen MR) is 101 cm³/mol. The second-order valence-electron chi connectivity index (χ2n) is 6.62. The first-order chi connectivity index (χ1) is 13.3. The molecule has 1 fully saturated rings. The van der Waals surface area contributed by atoms with Crippen molar-refractivity contribution in [3.8, 4) is 5.75 Å². The summed E-state index contributed by atoms with van der Waals surface area (Å²) in [5.74, 6) is -0.285. The van der Waals surface area contributed by atoms with Crippen LogP contribution in [-0.4, -0.2) is 49.5 Å². The first-order valence-corrected chi connectivity index (χ1v) is 10.3. The summed E-state index contributed by atoms with van der Waals surface area (Å²) in [6.07, 6.45) is 3.39. The number of hydrogen-bond donors (Lipinski definition) is 1. The molecule has 1 saturated heterocycles. The van der Waals surface area contributed by atoms with E-state index in [0.29, 0.717) is 5.75 Å². The van der Waals surface area contributed by atoms with Gasteiger partial charge >= 0.3 is 0 Å². The molecule has 1 N–H and O–H groups in total. The van der Waals surface area contributed by atoms with Crippen molar-refractivity contribution in [1.29, 1.82) is 0 Å². The van der Waals surface area contributed by atoms with Crippen LogP contribution < -0.4 is 10.1 Å². The highest BCUT2D eigenvalue weighted by Gasteiger charge is 2.45. The summed E-state index contributed by atoms with van der Waals surface area (Å²) in [4.78, 5) is 16.4. The molecule has 150 valence electrons. The van der Waals surface area contributed by atoms with Crippen molar-refractivity contribution in [3.63, 3.8) is 0 Å². The topological polar surface area (TPSA) is 88.6 Å². The SMILES string of the molecule is COc1ccc(S(=O)(=O)N2CCCC(F)(C(=O)NCc3ccncc3)C2)cc1. The zero-order chi connectivity index (χ0) is 20.2. The molecule has 1 aromatic heterocycles. The van der Waals surface area contributed by atoms with Gasteiger partial charge in [-0.05, 0) is 54.8 Å². The molecule has 1 aliphatic heterocycles. The molecule has 2 heterocycles. The van der Waals surface area contributed by atoms with Crippen LogP contribution >= 0.6 is 0 Å². The van der Waals surface area contributed by atoms with Gasteiger partial charge in [0.1, 0.15) is 5.75 Å². The summed E-state index contributed by atoms with van der Waals surface area (Å²) in [5.41, 5.74) is -1.49. The molecule has 28 heavy (non-hydrogen) atoms. The molecule has 1 atom stereocenters. The number of rotatable bonds is 6. The molecule has 0 saturated carbocycles. The average Bonchev–Trinajstić information content (AvgIpc) is 2.72. The molecule has 1 aliphatic rings. The van der Waals surface area contributed by atoms with Crippen molar-refractivity contribution in [2.45, 2.75) is 30.0 Å². The quantitative estimate of drug-likeness (QED) is 0.790. The lowest BCUT2D eigenvalue weighted by Gasteiger charge is -2.35. The highest BCUT2D eigenvalue weighted by molar-refractivity contribution is 7.89. The minimum absolute atomic E-state index is 0.0240. The number of carbonyl (C=O) groups is 1. The number of sulfonamides is 1. The lowest BCUT2D eigenvalue weighted by molar-refractivity contribution is -0.135. The van der Waals surface area contributed by atoms with E-state index in [1.807, 2.05) is 0 Å². The Morgan fingerprint density at radius 2 is 1.93 bits per heavy atom. The highest BCUT2D eigenvalue weighted by atomic mass is 32.2.